The molecule has 1 aromatic carbocycles. The third-order valence-corrected chi connectivity index (χ3v) is 4.98. The van der Waals surface area contributed by atoms with Crippen molar-refractivity contribution in [2.45, 2.75) is 25.3 Å². The summed E-state index contributed by atoms with van der Waals surface area (Å²) in [6.07, 6.45) is 3.27. The first-order valence-corrected chi connectivity index (χ1v) is 8.55. The molecule has 2 aliphatic heterocycles. The van der Waals surface area contributed by atoms with Gasteiger partial charge in [0.2, 0.25) is 5.91 Å². The van der Waals surface area contributed by atoms with Crippen molar-refractivity contribution < 1.29 is 4.79 Å². The fourth-order valence-corrected chi connectivity index (χ4v) is 3.71. The Hall–Kier alpha value is -1.49. The average Bonchev–Trinajstić information content (AvgIpc) is 3.17. The molecule has 2 saturated heterocycles. The molecule has 2 aliphatic rings. The average molecular weight is 303 g/mol. The van der Waals surface area contributed by atoms with Crippen molar-refractivity contribution in [1.29, 1.82) is 0 Å². The lowest BCUT2D eigenvalue weighted by atomic mass is 10.1. The normalized spacial score (nSPS) is 23.5. The summed E-state index contributed by atoms with van der Waals surface area (Å²) < 4.78 is 0. The smallest absolute Gasteiger partial charge is 0.244 e. The summed E-state index contributed by atoms with van der Waals surface area (Å²) >= 11 is 1.72. The third-order valence-electron chi connectivity index (χ3n) is 3.89. The first kappa shape index (κ1) is 14.4. The van der Waals surface area contributed by atoms with E-state index in [1.807, 2.05) is 11.0 Å². The molecule has 5 heteroatoms. The first-order valence-electron chi connectivity index (χ1n) is 7.57. The van der Waals surface area contributed by atoms with Gasteiger partial charge < -0.3 is 10.2 Å². The second kappa shape index (κ2) is 6.98. The number of carbonyl (C=O) groups excluding carboxylic acids is 1. The molecule has 1 atom stereocenters. The summed E-state index contributed by atoms with van der Waals surface area (Å²) in [5, 5.41) is 4.35. The molecule has 1 amide bonds. The maximum Gasteiger partial charge on any atom is 0.244 e. The number of nitrogens with zero attached hydrogens (tertiary/aromatic N) is 2. The van der Waals surface area contributed by atoms with E-state index in [0.717, 1.165) is 43.3 Å². The molecule has 4 nitrogen and oxygen atoms in total. The van der Waals surface area contributed by atoms with E-state index in [0.29, 0.717) is 6.04 Å². The van der Waals surface area contributed by atoms with Crippen LogP contribution in [0.25, 0.3) is 0 Å². The van der Waals surface area contributed by atoms with E-state index in [-0.39, 0.29) is 12.5 Å². The number of rotatable bonds is 4. The summed E-state index contributed by atoms with van der Waals surface area (Å²) in [6, 6.07) is 10.9. The molecule has 0 aromatic heterocycles. The predicted molar refractivity (Wildman–Crippen MR) is 87.6 cm³/mol. The van der Waals surface area contributed by atoms with Crippen LogP contribution in [0.4, 0.5) is 0 Å². The number of aliphatic imine (C=N–C) groups is 1. The lowest BCUT2D eigenvalue weighted by molar-refractivity contribution is -0.128. The Morgan fingerprint density at radius 2 is 2.05 bits per heavy atom. The largest absolute Gasteiger partial charge is 0.361 e. The van der Waals surface area contributed by atoms with Crippen LogP contribution < -0.4 is 5.32 Å². The molecule has 0 spiro atoms. The fourth-order valence-electron chi connectivity index (χ4n) is 2.74. The van der Waals surface area contributed by atoms with Gasteiger partial charge in [0, 0.05) is 24.9 Å². The van der Waals surface area contributed by atoms with Crippen LogP contribution in [0, 0.1) is 0 Å². The van der Waals surface area contributed by atoms with Crippen LogP contribution in [0.1, 0.15) is 18.4 Å². The van der Waals surface area contributed by atoms with Gasteiger partial charge in [-0.15, -0.1) is 0 Å². The van der Waals surface area contributed by atoms with Crippen LogP contribution in [0.15, 0.2) is 35.3 Å². The maximum atomic E-state index is 12.0. The second-order valence-electron chi connectivity index (χ2n) is 5.55. The van der Waals surface area contributed by atoms with Crippen molar-refractivity contribution in [1.82, 2.24) is 10.2 Å². The van der Waals surface area contributed by atoms with Crippen LogP contribution in [0.2, 0.25) is 0 Å². The van der Waals surface area contributed by atoms with E-state index in [4.69, 9.17) is 0 Å². The minimum atomic E-state index is 0.161. The van der Waals surface area contributed by atoms with E-state index in [1.54, 1.807) is 11.8 Å². The Labute approximate surface area is 130 Å². The number of thioether (sulfide) groups is 1. The zero-order valence-electron chi connectivity index (χ0n) is 12.1. The number of nitrogens with one attached hydrogen (secondary N) is 1. The number of carbonyl (C=O) groups is 1. The molecule has 112 valence electrons. The lowest BCUT2D eigenvalue weighted by Crippen LogP contribution is -2.32. The highest BCUT2D eigenvalue weighted by atomic mass is 32.2. The first-order chi connectivity index (χ1) is 10.3. The van der Waals surface area contributed by atoms with Crippen molar-refractivity contribution in [3.05, 3.63) is 35.9 Å². The van der Waals surface area contributed by atoms with Gasteiger partial charge in [0.15, 0.2) is 5.17 Å². The van der Waals surface area contributed by atoms with Crippen LogP contribution in [-0.2, 0) is 11.2 Å². The van der Waals surface area contributed by atoms with Crippen molar-refractivity contribution in [2.24, 2.45) is 4.99 Å². The summed E-state index contributed by atoms with van der Waals surface area (Å²) in [6.45, 7) is 2.09. The minimum Gasteiger partial charge on any atom is -0.361 e. The Bertz CT molecular complexity index is 512. The molecule has 0 radical (unpaired) electrons. The van der Waals surface area contributed by atoms with Gasteiger partial charge in [-0.3, -0.25) is 9.79 Å². The van der Waals surface area contributed by atoms with Gasteiger partial charge in [-0.1, -0.05) is 42.1 Å². The predicted octanol–water partition coefficient (Wildman–Crippen LogP) is 1.91. The molecule has 3 rings (SSSR count). The van der Waals surface area contributed by atoms with Crippen LogP contribution in [0.3, 0.4) is 0 Å². The fraction of sp³-hybridized carbons (Fsp3) is 0.500. The van der Waals surface area contributed by atoms with Gasteiger partial charge in [-0.25, -0.2) is 0 Å². The van der Waals surface area contributed by atoms with Gasteiger partial charge in [0.1, 0.15) is 6.54 Å². The van der Waals surface area contributed by atoms with E-state index in [1.165, 1.54) is 5.56 Å². The summed E-state index contributed by atoms with van der Waals surface area (Å²) in [5.74, 6) is 1.18. The van der Waals surface area contributed by atoms with Gasteiger partial charge in [0.05, 0.1) is 0 Å². The van der Waals surface area contributed by atoms with Crippen molar-refractivity contribution in [3.63, 3.8) is 0 Å². The van der Waals surface area contributed by atoms with E-state index < -0.39 is 0 Å². The van der Waals surface area contributed by atoms with Crippen LogP contribution >= 0.6 is 11.8 Å². The number of amidine groups is 1. The van der Waals surface area contributed by atoms with Crippen molar-refractivity contribution in [2.75, 3.05) is 25.4 Å². The molecule has 0 saturated carbocycles. The molecule has 0 aliphatic carbocycles. The Balaban J connectivity index is 1.47. The summed E-state index contributed by atoms with van der Waals surface area (Å²) in [7, 11) is 0. The Morgan fingerprint density at radius 3 is 2.81 bits per heavy atom. The Kier molecular flexibility index (Phi) is 4.80. The molecule has 2 heterocycles. The highest BCUT2D eigenvalue weighted by Gasteiger charge is 2.22. The van der Waals surface area contributed by atoms with Gasteiger partial charge >= 0.3 is 0 Å². The molecular weight excluding hydrogens is 282 g/mol. The van der Waals surface area contributed by atoms with Gasteiger partial charge in [-0.2, -0.15) is 0 Å². The van der Waals surface area contributed by atoms with E-state index in [2.05, 4.69) is 34.6 Å². The van der Waals surface area contributed by atoms with Crippen molar-refractivity contribution in [3.8, 4) is 0 Å². The Morgan fingerprint density at radius 1 is 1.29 bits per heavy atom. The molecule has 1 unspecified atom stereocenters. The number of likely N-dealkylation sites (tertiary alicyclic amines) is 1. The highest BCUT2D eigenvalue weighted by molar-refractivity contribution is 8.14. The molecule has 21 heavy (non-hydrogen) atoms. The second-order valence-corrected chi connectivity index (χ2v) is 6.56. The van der Waals surface area contributed by atoms with E-state index >= 15 is 0 Å². The lowest BCUT2D eigenvalue weighted by Gasteiger charge is -2.13. The monoisotopic (exact) mass is 303 g/mol. The number of hydrogen-bond acceptors (Lipinski definition) is 3. The van der Waals surface area contributed by atoms with Gasteiger partial charge in [0.25, 0.3) is 0 Å². The van der Waals surface area contributed by atoms with Gasteiger partial charge in [-0.05, 0) is 24.8 Å². The minimum absolute atomic E-state index is 0.161. The number of amides is 1. The summed E-state index contributed by atoms with van der Waals surface area (Å²) in [4.78, 5) is 18.3. The topological polar surface area (TPSA) is 44.7 Å². The molecule has 1 aromatic rings. The summed E-state index contributed by atoms with van der Waals surface area (Å²) in [5.41, 5.74) is 1.34. The molecule has 1 N–H and O–H groups in total. The zero-order chi connectivity index (χ0) is 14.5. The van der Waals surface area contributed by atoms with Crippen molar-refractivity contribution >= 4 is 22.8 Å². The molecule has 2 fully saturated rings. The SMILES string of the molecule is O=C(CN=C1NC(Cc2ccccc2)CS1)N1CCCC1. The highest BCUT2D eigenvalue weighted by Crippen LogP contribution is 2.17. The van der Waals surface area contributed by atoms with Crippen LogP contribution in [-0.4, -0.2) is 47.4 Å². The quantitative estimate of drug-likeness (QED) is 0.924. The maximum absolute atomic E-state index is 12.0. The molecular formula is C16H21N3OS. The number of benzene rings is 1. The number of hydrogen-bond donors (Lipinski definition) is 1. The third kappa shape index (κ3) is 4.00. The zero-order valence-corrected chi connectivity index (χ0v) is 12.9. The molecule has 0 bridgehead atoms. The van der Waals surface area contributed by atoms with Crippen LogP contribution in [0.5, 0.6) is 0 Å². The van der Waals surface area contributed by atoms with E-state index in [9.17, 15) is 4.79 Å². The standard InChI is InChI=1S/C16H21N3OS/c20-15(19-8-4-5-9-19)11-17-16-18-14(12-21-16)10-13-6-2-1-3-7-13/h1-3,6-7,14H,4-5,8-12H2,(H,17,18).